The van der Waals surface area contributed by atoms with Gasteiger partial charge < -0.3 is 35.4 Å². The Morgan fingerprint density at radius 3 is 2.24 bits per heavy atom. The van der Waals surface area contributed by atoms with Crippen molar-refractivity contribution in [3.8, 4) is 5.75 Å². The number of amides is 2. The first-order chi connectivity index (χ1) is 13.5. The Kier molecular flexibility index (Phi) is 6.58. The van der Waals surface area contributed by atoms with Crippen molar-refractivity contribution in [3.05, 3.63) is 62.9 Å². The fourth-order valence-electron chi connectivity index (χ4n) is 2.42. The molecule has 13 heteroatoms. The number of carbonyl (C=O) groups is 2. The van der Waals surface area contributed by atoms with Gasteiger partial charge in [-0.25, -0.2) is 9.36 Å². The minimum absolute atomic E-state index is 0.109. The summed E-state index contributed by atoms with van der Waals surface area (Å²) in [6, 6.07) is 2.59. The van der Waals surface area contributed by atoms with Crippen LogP contribution >= 0.6 is 0 Å². The summed E-state index contributed by atoms with van der Waals surface area (Å²) in [5.74, 6) is -1.05. The van der Waals surface area contributed by atoms with Crippen LogP contribution in [0.1, 0.15) is 18.5 Å². The maximum Gasteiger partial charge on any atom is 0.390 e. The highest BCUT2D eigenvalue weighted by Gasteiger charge is 2.26. The van der Waals surface area contributed by atoms with Gasteiger partial charge in [0.2, 0.25) is 5.91 Å². The van der Waals surface area contributed by atoms with Gasteiger partial charge >= 0.3 is 23.9 Å². The highest BCUT2D eigenvalue weighted by Crippen LogP contribution is 2.17. The first-order valence-corrected chi connectivity index (χ1v) is 8.56. The number of nitrogens with one attached hydrogen (secondary N) is 2. The maximum absolute atomic E-state index is 12.5. The Morgan fingerprint density at radius 1 is 1.07 bits per heavy atom. The summed E-state index contributed by atoms with van der Waals surface area (Å²) in [4.78, 5) is 49.0. The number of nitrogens with zero attached hydrogens (tertiary/aromatic N) is 2. The Labute approximate surface area is 163 Å². The molecule has 0 aliphatic heterocycles. The first-order valence-electron chi connectivity index (χ1n) is 8.56. The van der Waals surface area contributed by atoms with Crippen LogP contribution in [0.2, 0.25) is 0 Å². The van der Waals surface area contributed by atoms with Gasteiger partial charge in [0.1, 0.15) is 11.8 Å². The van der Waals surface area contributed by atoms with Crippen molar-refractivity contribution in [3.63, 3.8) is 0 Å². The monoisotopic (exact) mass is 407 g/mol. The molecular weight excluding hydrogens is 387 g/mol. The van der Waals surface area contributed by atoms with Gasteiger partial charge in [-0.2, -0.15) is 0 Å². The van der Waals surface area contributed by atoms with E-state index in [9.17, 15) is 24.3 Å². The summed E-state index contributed by atoms with van der Waals surface area (Å²) >= 11 is 0. The van der Waals surface area contributed by atoms with Gasteiger partial charge in [0.25, 0.3) is 0 Å². The summed E-state index contributed by atoms with van der Waals surface area (Å²) in [7, 11) is 0. The number of hydrogen-bond acceptors (Lipinski definition) is 8. The number of phenols is 1. The standard InChI is InChI=1S/C16H20BN4O8/c1-2-20-7-8-21(15(25)14(20)24)16(26)19-12(10-3-5-11(22)6-4-10)13(23)18-9-17(27,28)29/h3-8,12,22,27-29H,2,9H2,1H3,(H,18,23)(H,19,26)/q-1/t12-/m1/s1. The molecule has 12 nitrogen and oxygen atoms in total. The van der Waals surface area contributed by atoms with E-state index in [-0.39, 0.29) is 17.9 Å². The molecule has 0 aliphatic carbocycles. The van der Waals surface area contributed by atoms with Crippen LogP contribution in [0.3, 0.4) is 0 Å². The second-order valence-electron chi connectivity index (χ2n) is 6.18. The average molecular weight is 407 g/mol. The molecule has 2 rings (SSSR count). The molecule has 6 N–H and O–H groups in total. The van der Waals surface area contributed by atoms with Crippen LogP contribution in [0.15, 0.2) is 46.2 Å². The fourth-order valence-corrected chi connectivity index (χ4v) is 2.42. The Bertz CT molecular complexity index is 1010. The molecular formula is C16H20BN4O8-. The Balaban J connectivity index is 2.34. The zero-order chi connectivity index (χ0) is 21.8. The summed E-state index contributed by atoms with van der Waals surface area (Å²) in [5, 5.41) is 40.7. The molecule has 1 atom stereocenters. The lowest BCUT2D eigenvalue weighted by molar-refractivity contribution is -0.123. The molecule has 0 saturated heterocycles. The summed E-state index contributed by atoms with van der Waals surface area (Å²) in [6.07, 6.45) is 1.40. The molecule has 0 unspecified atom stereocenters. The number of aryl methyl sites for hydroxylation is 1. The van der Waals surface area contributed by atoms with E-state index in [1.165, 1.54) is 30.5 Å². The molecule has 29 heavy (non-hydrogen) atoms. The normalized spacial score (nSPS) is 12.3. The van der Waals surface area contributed by atoms with Crippen molar-refractivity contribution in [2.45, 2.75) is 19.5 Å². The van der Waals surface area contributed by atoms with Crippen LogP contribution in [0.25, 0.3) is 0 Å². The topological polar surface area (TPSA) is 183 Å². The van der Waals surface area contributed by atoms with Crippen LogP contribution in [0.5, 0.6) is 5.75 Å². The third-order valence-corrected chi connectivity index (χ3v) is 3.92. The predicted molar refractivity (Wildman–Crippen MR) is 101 cm³/mol. The number of carbonyl (C=O) groups excluding carboxylic acids is 2. The van der Waals surface area contributed by atoms with Crippen molar-refractivity contribution in [2.75, 3.05) is 6.44 Å². The number of aromatic hydroxyl groups is 1. The molecule has 1 aromatic heterocycles. The summed E-state index contributed by atoms with van der Waals surface area (Å²) in [5.41, 5.74) is -1.88. The van der Waals surface area contributed by atoms with Crippen LogP contribution < -0.4 is 21.8 Å². The lowest BCUT2D eigenvalue weighted by Gasteiger charge is -2.24. The van der Waals surface area contributed by atoms with E-state index in [1.807, 2.05) is 5.32 Å². The maximum atomic E-state index is 12.5. The van der Waals surface area contributed by atoms with E-state index < -0.39 is 42.3 Å². The van der Waals surface area contributed by atoms with E-state index in [0.29, 0.717) is 4.57 Å². The smallest absolute Gasteiger partial charge is 0.390 e. The van der Waals surface area contributed by atoms with Crippen molar-refractivity contribution in [2.24, 2.45) is 0 Å². The molecule has 0 aliphatic rings. The number of rotatable bonds is 6. The van der Waals surface area contributed by atoms with Crippen LogP contribution in [-0.2, 0) is 11.3 Å². The van der Waals surface area contributed by atoms with Crippen molar-refractivity contribution in [1.82, 2.24) is 19.8 Å². The fraction of sp³-hybridized carbons (Fsp3) is 0.250. The quantitative estimate of drug-likeness (QED) is 0.226. The molecule has 0 spiro atoms. The molecule has 0 fully saturated rings. The molecule has 0 bridgehead atoms. The van der Waals surface area contributed by atoms with Gasteiger partial charge in [0.05, 0.1) is 0 Å². The van der Waals surface area contributed by atoms with Gasteiger partial charge in [-0.3, -0.25) is 14.4 Å². The van der Waals surface area contributed by atoms with E-state index in [4.69, 9.17) is 15.1 Å². The lowest BCUT2D eigenvalue weighted by atomic mass is 9.81. The van der Waals surface area contributed by atoms with Gasteiger partial charge in [0.15, 0.2) is 0 Å². The average Bonchev–Trinajstić information content (AvgIpc) is 2.66. The third kappa shape index (κ3) is 5.54. The number of phenolic OH excluding ortho intramolecular Hbond substituents is 1. The molecule has 2 amide bonds. The number of aromatic nitrogens is 2. The third-order valence-electron chi connectivity index (χ3n) is 3.92. The van der Waals surface area contributed by atoms with Gasteiger partial charge in [-0.15, -0.1) is 0 Å². The lowest BCUT2D eigenvalue weighted by Crippen LogP contribution is -2.52. The molecule has 156 valence electrons. The van der Waals surface area contributed by atoms with E-state index in [0.717, 1.165) is 10.8 Å². The van der Waals surface area contributed by atoms with Gasteiger partial charge in [0, 0.05) is 18.9 Å². The van der Waals surface area contributed by atoms with Crippen LogP contribution in [-0.4, -0.2) is 54.4 Å². The molecule has 1 aromatic carbocycles. The zero-order valence-electron chi connectivity index (χ0n) is 15.3. The van der Waals surface area contributed by atoms with Crippen LogP contribution in [0.4, 0.5) is 4.79 Å². The molecule has 0 saturated carbocycles. The van der Waals surface area contributed by atoms with Gasteiger partial charge in [-0.1, -0.05) is 12.1 Å². The summed E-state index contributed by atoms with van der Waals surface area (Å²) < 4.78 is 1.59. The van der Waals surface area contributed by atoms with Crippen LogP contribution in [0, 0.1) is 0 Å². The zero-order valence-corrected chi connectivity index (χ0v) is 15.3. The van der Waals surface area contributed by atoms with Crippen molar-refractivity contribution in [1.29, 1.82) is 0 Å². The van der Waals surface area contributed by atoms with E-state index >= 15 is 0 Å². The van der Waals surface area contributed by atoms with Gasteiger partial charge in [-0.05, 0) is 31.1 Å². The van der Waals surface area contributed by atoms with Crippen molar-refractivity contribution >= 4 is 18.7 Å². The highest BCUT2D eigenvalue weighted by molar-refractivity contribution is 6.56. The molecule has 0 radical (unpaired) electrons. The largest absolute Gasteiger partial charge is 0.559 e. The number of hydrogen-bond donors (Lipinski definition) is 6. The predicted octanol–water partition coefficient (Wildman–Crippen LogP) is -2.39. The van der Waals surface area contributed by atoms with E-state index in [2.05, 4.69) is 5.32 Å². The van der Waals surface area contributed by atoms with E-state index in [1.54, 1.807) is 6.92 Å². The SMILES string of the molecule is CCn1ccn(C(=O)N[C@@H](C(=O)NC[B-](O)(O)O)c2ccc(O)cc2)c(=O)c1=O. The first kappa shape index (κ1) is 21.9. The molecule has 2 aromatic rings. The highest BCUT2D eigenvalue weighted by atomic mass is 16.5. The minimum atomic E-state index is -3.81. The minimum Gasteiger partial charge on any atom is -0.559 e. The second kappa shape index (κ2) is 8.73. The molecule has 1 heterocycles. The number of benzene rings is 1. The second-order valence-corrected chi connectivity index (χ2v) is 6.18. The Hall–Kier alpha value is -3.42. The Morgan fingerprint density at radius 2 is 1.69 bits per heavy atom. The summed E-state index contributed by atoms with van der Waals surface area (Å²) in [6.45, 7) is -1.95. The van der Waals surface area contributed by atoms with Crippen molar-refractivity contribution < 1.29 is 29.8 Å².